The zero-order valence-corrected chi connectivity index (χ0v) is 11.5. The predicted molar refractivity (Wildman–Crippen MR) is 76.8 cm³/mol. The van der Waals surface area contributed by atoms with E-state index in [0.29, 0.717) is 0 Å². The summed E-state index contributed by atoms with van der Waals surface area (Å²) < 4.78 is 0. The molecule has 1 unspecified atom stereocenters. The van der Waals surface area contributed by atoms with E-state index in [2.05, 4.69) is 5.32 Å². The van der Waals surface area contributed by atoms with Gasteiger partial charge in [0.2, 0.25) is 11.8 Å². The van der Waals surface area contributed by atoms with Crippen molar-refractivity contribution in [2.75, 3.05) is 19.6 Å². The maximum absolute atomic E-state index is 11.8. The van der Waals surface area contributed by atoms with Gasteiger partial charge in [-0.25, -0.2) is 0 Å². The first-order valence-corrected chi connectivity index (χ1v) is 7.02. The highest BCUT2D eigenvalue weighted by atomic mass is 16.2. The lowest BCUT2D eigenvalue weighted by atomic mass is 10.0. The van der Waals surface area contributed by atoms with Gasteiger partial charge in [-0.15, -0.1) is 0 Å². The number of nitrogens with zero attached hydrogens (tertiary/aromatic N) is 1. The molecule has 0 aromatic heterocycles. The van der Waals surface area contributed by atoms with Crippen LogP contribution in [0.1, 0.15) is 30.9 Å². The van der Waals surface area contributed by atoms with Crippen LogP contribution in [0.25, 0.3) is 0 Å². The Bertz CT molecular complexity index is 455. The molecule has 2 amide bonds. The predicted octanol–water partition coefficient (Wildman–Crippen LogP) is 0.815. The molecule has 1 saturated heterocycles. The molecule has 20 heavy (non-hydrogen) atoms. The Labute approximate surface area is 119 Å². The summed E-state index contributed by atoms with van der Waals surface area (Å²) >= 11 is 0. The number of amides is 2. The Morgan fingerprint density at radius 1 is 1.20 bits per heavy atom. The fourth-order valence-corrected chi connectivity index (χ4v) is 2.34. The second-order valence-corrected chi connectivity index (χ2v) is 5.09. The maximum atomic E-state index is 11.8. The van der Waals surface area contributed by atoms with Crippen LogP contribution in [0.3, 0.4) is 0 Å². The summed E-state index contributed by atoms with van der Waals surface area (Å²) in [5.74, 6) is -0.196. The molecule has 108 valence electrons. The number of hydrogen-bond acceptors (Lipinski definition) is 3. The molecular weight excluding hydrogens is 254 g/mol. The molecule has 2 rings (SSSR count). The molecule has 1 aliphatic heterocycles. The van der Waals surface area contributed by atoms with Crippen molar-refractivity contribution in [1.29, 1.82) is 0 Å². The van der Waals surface area contributed by atoms with Crippen molar-refractivity contribution < 1.29 is 9.59 Å². The third-order valence-electron chi connectivity index (χ3n) is 3.53. The minimum absolute atomic E-state index is 0.0101. The molecular formula is C15H21N3O2. The largest absolute Gasteiger partial charge is 0.347 e. The van der Waals surface area contributed by atoms with E-state index in [9.17, 15) is 9.59 Å². The average molecular weight is 275 g/mol. The molecule has 1 aromatic rings. The van der Waals surface area contributed by atoms with Crippen LogP contribution in [0.4, 0.5) is 0 Å². The number of benzene rings is 1. The van der Waals surface area contributed by atoms with Gasteiger partial charge in [0, 0.05) is 25.6 Å². The molecule has 1 aromatic carbocycles. The first-order chi connectivity index (χ1) is 9.66. The monoisotopic (exact) mass is 275 g/mol. The van der Waals surface area contributed by atoms with E-state index < -0.39 is 0 Å². The van der Waals surface area contributed by atoms with E-state index in [1.807, 2.05) is 30.3 Å². The van der Waals surface area contributed by atoms with Crippen LogP contribution in [-0.4, -0.2) is 36.3 Å². The van der Waals surface area contributed by atoms with Crippen LogP contribution in [0.15, 0.2) is 30.3 Å². The summed E-state index contributed by atoms with van der Waals surface area (Å²) in [5, 5.41) is 2.65. The highest BCUT2D eigenvalue weighted by Crippen LogP contribution is 2.13. The maximum Gasteiger partial charge on any atom is 0.241 e. The van der Waals surface area contributed by atoms with Crippen LogP contribution in [0.2, 0.25) is 0 Å². The van der Waals surface area contributed by atoms with Gasteiger partial charge in [0.05, 0.1) is 6.54 Å². The second-order valence-electron chi connectivity index (χ2n) is 5.09. The highest BCUT2D eigenvalue weighted by molar-refractivity contribution is 5.85. The van der Waals surface area contributed by atoms with Gasteiger partial charge in [-0.05, 0) is 18.4 Å². The Hall–Kier alpha value is -1.88. The van der Waals surface area contributed by atoms with E-state index >= 15 is 0 Å². The smallest absolute Gasteiger partial charge is 0.241 e. The zero-order valence-electron chi connectivity index (χ0n) is 11.5. The van der Waals surface area contributed by atoms with Gasteiger partial charge in [-0.3, -0.25) is 9.59 Å². The lowest BCUT2D eigenvalue weighted by Gasteiger charge is -2.16. The summed E-state index contributed by atoms with van der Waals surface area (Å²) in [4.78, 5) is 25.4. The molecule has 0 saturated carbocycles. The molecule has 1 aliphatic rings. The normalized spacial score (nSPS) is 15.9. The van der Waals surface area contributed by atoms with Crippen molar-refractivity contribution in [3.63, 3.8) is 0 Å². The first-order valence-electron chi connectivity index (χ1n) is 7.02. The van der Waals surface area contributed by atoms with E-state index in [0.717, 1.165) is 31.5 Å². The third kappa shape index (κ3) is 4.06. The summed E-state index contributed by atoms with van der Waals surface area (Å²) in [6.07, 6.45) is 2.30. The molecule has 0 spiro atoms. The van der Waals surface area contributed by atoms with E-state index in [4.69, 9.17) is 5.73 Å². The van der Waals surface area contributed by atoms with Gasteiger partial charge in [-0.1, -0.05) is 30.3 Å². The zero-order chi connectivity index (χ0) is 14.4. The van der Waals surface area contributed by atoms with Crippen molar-refractivity contribution in [1.82, 2.24) is 10.2 Å². The van der Waals surface area contributed by atoms with Crippen LogP contribution in [-0.2, 0) is 9.59 Å². The molecule has 1 fully saturated rings. The third-order valence-corrected chi connectivity index (χ3v) is 3.53. The van der Waals surface area contributed by atoms with Crippen molar-refractivity contribution >= 4 is 11.8 Å². The van der Waals surface area contributed by atoms with Gasteiger partial charge >= 0.3 is 0 Å². The number of rotatable bonds is 5. The summed E-state index contributed by atoms with van der Waals surface area (Å²) in [6.45, 7) is 1.68. The minimum Gasteiger partial charge on any atom is -0.347 e. The molecule has 0 aliphatic carbocycles. The number of nitrogens with one attached hydrogen (secondary N) is 1. The quantitative estimate of drug-likeness (QED) is 0.835. The number of hydrogen-bond donors (Lipinski definition) is 2. The standard InChI is InChI=1S/C15H21N3O2/c16-13(12-6-2-1-3-7-12)10-14(19)17-11-15(20)18-8-4-5-9-18/h1-3,6-7,13H,4-5,8-11,16H2,(H,17,19). The van der Waals surface area contributed by atoms with Gasteiger partial charge < -0.3 is 16.0 Å². The summed E-state index contributed by atoms with van der Waals surface area (Å²) in [5.41, 5.74) is 6.89. The van der Waals surface area contributed by atoms with Gasteiger partial charge in [0.25, 0.3) is 0 Å². The molecule has 0 radical (unpaired) electrons. The van der Waals surface area contributed by atoms with E-state index in [-0.39, 0.29) is 30.8 Å². The fraction of sp³-hybridized carbons (Fsp3) is 0.467. The van der Waals surface area contributed by atoms with Crippen LogP contribution < -0.4 is 11.1 Å². The fourth-order valence-electron chi connectivity index (χ4n) is 2.34. The Kier molecular flexibility index (Phi) is 5.12. The molecule has 1 heterocycles. The second kappa shape index (κ2) is 7.05. The molecule has 5 nitrogen and oxygen atoms in total. The lowest BCUT2D eigenvalue weighted by Crippen LogP contribution is -2.39. The molecule has 5 heteroatoms. The number of carbonyl (C=O) groups is 2. The topological polar surface area (TPSA) is 75.4 Å². The Balaban J connectivity index is 1.73. The molecule has 0 bridgehead atoms. The number of likely N-dealkylation sites (tertiary alicyclic amines) is 1. The van der Waals surface area contributed by atoms with E-state index in [1.54, 1.807) is 4.90 Å². The van der Waals surface area contributed by atoms with Crippen molar-refractivity contribution in [2.24, 2.45) is 5.73 Å². The van der Waals surface area contributed by atoms with Gasteiger partial charge in [0.15, 0.2) is 0 Å². The lowest BCUT2D eigenvalue weighted by molar-refractivity contribution is -0.132. The van der Waals surface area contributed by atoms with Crippen molar-refractivity contribution in [2.45, 2.75) is 25.3 Å². The van der Waals surface area contributed by atoms with Crippen molar-refractivity contribution in [3.05, 3.63) is 35.9 Å². The van der Waals surface area contributed by atoms with Crippen LogP contribution in [0, 0.1) is 0 Å². The Morgan fingerprint density at radius 2 is 1.85 bits per heavy atom. The van der Waals surface area contributed by atoms with Gasteiger partial charge in [0.1, 0.15) is 0 Å². The molecule has 3 N–H and O–H groups in total. The first kappa shape index (κ1) is 14.5. The SMILES string of the molecule is NC(CC(=O)NCC(=O)N1CCCC1)c1ccccc1. The van der Waals surface area contributed by atoms with Gasteiger partial charge in [-0.2, -0.15) is 0 Å². The highest BCUT2D eigenvalue weighted by Gasteiger charge is 2.18. The van der Waals surface area contributed by atoms with Crippen LogP contribution in [0.5, 0.6) is 0 Å². The summed E-state index contributed by atoms with van der Waals surface area (Å²) in [7, 11) is 0. The average Bonchev–Trinajstić information content (AvgIpc) is 3.00. The number of carbonyl (C=O) groups excluding carboxylic acids is 2. The number of nitrogens with two attached hydrogens (primary N) is 1. The minimum atomic E-state index is -0.335. The van der Waals surface area contributed by atoms with Crippen molar-refractivity contribution in [3.8, 4) is 0 Å². The van der Waals surface area contributed by atoms with Crippen LogP contribution >= 0.6 is 0 Å². The Morgan fingerprint density at radius 3 is 2.50 bits per heavy atom. The molecule has 1 atom stereocenters. The van der Waals surface area contributed by atoms with E-state index in [1.165, 1.54) is 0 Å². The summed E-state index contributed by atoms with van der Waals surface area (Å²) in [6, 6.07) is 9.15.